The molecule has 1 atom stereocenters. The van der Waals surface area contributed by atoms with Gasteiger partial charge in [-0.05, 0) is 48.4 Å². The van der Waals surface area contributed by atoms with Crippen LogP contribution in [0.2, 0.25) is 0 Å². The maximum atomic E-state index is 12.9. The van der Waals surface area contributed by atoms with Gasteiger partial charge in [-0.25, -0.2) is 4.39 Å². The minimum atomic E-state index is -0.165. The molecule has 2 heteroatoms. The van der Waals surface area contributed by atoms with E-state index in [9.17, 15) is 4.39 Å². The van der Waals surface area contributed by atoms with Crippen molar-refractivity contribution in [3.05, 3.63) is 35.1 Å². The minimum absolute atomic E-state index is 0.165. The number of fused-ring (bicyclic) bond motifs is 1. The maximum absolute atomic E-state index is 12.9. The predicted octanol–water partition coefficient (Wildman–Crippen LogP) is 3.16. The van der Waals surface area contributed by atoms with Crippen LogP contribution in [0.3, 0.4) is 0 Å². The first-order chi connectivity index (χ1) is 6.81. The molecule has 1 aliphatic carbocycles. The fourth-order valence-corrected chi connectivity index (χ4v) is 2.21. The van der Waals surface area contributed by atoms with Crippen molar-refractivity contribution < 1.29 is 4.39 Å². The highest BCUT2D eigenvalue weighted by Gasteiger charge is 2.19. The van der Waals surface area contributed by atoms with E-state index in [2.05, 4.69) is 6.07 Å². The number of benzene rings is 1. The van der Waals surface area contributed by atoms with Gasteiger partial charge in [-0.15, -0.1) is 0 Å². The standard InChI is InChI=1S/C12H12FN/c13-11-4-5-12-9(6-7-14)2-1-3-10(12)8-11/h4-5,8-9H,1-3,6H2. The number of hydrogen-bond donors (Lipinski definition) is 0. The van der Waals surface area contributed by atoms with Crippen molar-refractivity contribution in [3.63, 3.8) is 0 Å². The van der Waals surface area contributed by atoms with Crippen molar-refractivity contribution in [1.82, 2.24) is 0 Å². The molecule has 0 radical (unpaired) electrons. The van der Waals surface area contributed by atoms with Crippen LogP contribution < -0.4 is 0 Å². The van der Waals surface area contributed by atoms with Gasteiger partial charge in [-0.1, -0.05) is 6.07 Å². The lowest BCUT2D eigenvalue weighted by atomic mass is 9.81. The molecule has 0 saturated carbocycles. The van der Waals surface area contributed by atoms with Gasteiger partial charge < -0.3 is 0 Å². The highest BCUT2D eigenvalue weighted by Crippen LogP contribution is 2.33. The molecule has 0 aromatic heterocycles. The molecule has 1 aromatic carbocycles. The highest BCUT2D eigenvalue weighted by molar-refractivity contribution is 5.33. The highest BCUT2D eigenvalue weighted by atomic mass is 19.1. The van der Waals surface area contributed by atoms with Crippen LogP contribution in [-0.2, 0) is 6.42 Å². The Kier molecular flexibility index (Phi) is 2.49. The average molecular weight is 189 g/mol. The Morgan fingerprint density at radius 3 is 3.14 bits per heavy atom. The largest absolute Gasteiger partial charge is 0.207 e. The van der Waals surface area contributed by atoms with Gasteiger partial charge in [0, 0.05) is 6.42 Å². The van der Waals surface area contributed by atoms with Gasteiger partial charge in [0.1, 0.15) is 5.82 Å². The predicted molar refractivity (Wildman–Crippen MR) is 52.3 cm³/mol. The summed E-state index contributed by atoms with van der Waals surface area (Å²) in [6.07, 6.45) is 3.64. The van der Waals surface area contributed by atoms with Gasteiger partial charge in [0.25, 0.3) is 0 Å². The second-order valence-corrected chi connectivity index (χ2v) is 3.79. The summed E-state index contributed by atoms with van der Waals surface area (Å²) in [7, 11) is 0. The Morgan fingerprint density at radius 1 is 1.50 bits per heavy atom. The summed E-state index contributed by atoms with van der Waals surface area (Å²) in [4.78, 5) is 0. The molecule has 1 aromatic rings. The first-order valence-electron chi connectivity index (χ1n) is 4.96. The van der Waals surface area contributed by atoms with E-state index < -0.39 is 0 Å². The van der Waals surface area contributed by atoms with Crippen molar-refractivity contribution in [2.45, 2.75) is 31.6 Å². The molecule has 0 aliphatic heterocycles. The molecule has 0 saturated heterocycles. The average Bonchev–Trinajstić information content (AvgIpc) is 2.18. The van der Waals surface area contributed by atoms with E-state index in [0.717, 1.165) is 24.8 Å². The summed E-state index contributed by atoms with van der Waals surface area (Å²) in [5.74, 6) is 0.158. The second kappa shape index (κ2) is 3.79. The third-order valence-corrected chi connectivity index (χ3v) is 2.88. The summed E-state index contributed by atoms with van der Waals surface area (Å²) >= 11 is 0. The zero-order chi connectivity index (χ0) is 9.97. The van der Waals surface area contributed by atoms with Gasteiger partial charge >= 0.3 is 0 Å². The molecule has 0 spiro atoms. The van der Waals surface area contributed by atoms with Crippen molar-refractivity contribution >= 4 is 0 Å². The summed E-state index contributed by atoms with van der Waals surface area (Å²) in [5.41, 5.74) is 2.27. The fourth-order valence-electron chi connectivity index (χ4n) is 2.21. The monoisotopic (exact) mass is 189 g/mol. The quantitative estimate of drug-likeness (QED) is 0.665. The Hall–Kier alpha value is -1.36. The van der Waals surface area contributed by atoms with E-state index in [1.54, 1.807) is 6.07 Å². The molecule has 0 bridgehead atoms. The summed E-state index contributed by atoms with van der Waals surface area (Å²) in [6.45, 7) is 0. The molecule has 1 aliphatic rings. The van der Waals surface area contributed by atoms with Crippen LogP contribution >= 0.6 is 0 Å². The number of halogens is 1. The maximum Gasteiger partial charge on any atom is 0.123 e. The number of nitriles is 1. The Labute approximate surface area is 83.2 Å². The fraction of sp³-hybridized carbons (Fsp3) is 0.417. The molecule has 72 valence electrons. The van der Waals surface area contributed by atoms with Crippen molar-refractivity contribution in [2.75, 3.05) is 0 Å². The van der Waals surface area contributed by atoms with Crippen LogP contribution in [-0.4, -0.2) is 0 Å². The lowest BCUT2D eigenvalue weighted by Gasteiger charge is -2.23. The SMILES string of the molecule is N#CCC1CCCc2cc(F)ccc21. The number of nitrogens with zero attached hydrogens (tertiary/aromatic N) is 1. The first-order valence-corrected chi connectivity index (χ1v) is 4.96. The molecular weight excluding hydrogens is 177 g/mol. The van der Waals surface area contributed by atoms with Gasteiger partial charge in [0.2, 0.25) is 0 Å². The van der Waals surface area contributed by atoms with Gasteiger partial charge in [0.05, 0.1) is 6.07 Å². The van der Waals surface area contributed by atoms with E-state index in [4.69, 9.17) is 5.26 Å². The lowest BCUT2D eigenvalue weighted by Crippen LogP contribution is -2.09. The number of hydrogen-bond acceptors (Lipinski definition) is 1. The van der Waals surface area contributed by atoms with Gasteiger partial charge in [-0.2, -0.15) is 5.26 Å². The molecule has 0 amide bonds. The van der Waals surface area contributed by atoms with E-state index in [-0.39, 0.29) is 5.82 Å². The van der Waals surface area contributed by atoms with Gasteiger partial charge in [-0.3, -0.25) is 0 Å². The first kappa shape index (κ1) is 9.21. The topological polar surface area (TPSA) is 23.8 Å². The van der Waals surface area contributed by atoms with Crippen molar-refractivity contribution in [3.8, 4) is 6.07 Å². The minimum Gasteiger partial charge on any atom is -0.207 e. The van der Waals surface area contributed by atoms with E-state index in [1.165, 1.54) is 11.6 Å². The summed E-state index contributed by atoms with van der Waals surface area (Å²) in [5, 5.41) is 8.67. The van der Waals surface area contributed by atoms with Crippen LogP contribution in [0.25, 0.3) is 0 Å². The zero-order valence-corrected chi connectivity index (χ0v) is 7.96. The Bertz CT molecular complexity index is 378. The molecule has 1 unspecified atom stereocenters. The van der Waals surface area contributed by atoms with Gasteiger partial charge in [0.15, 0.2) is 0 Å². The molecule has 14 heavy (non-hydrogen) atoms. The van der Waals surface area contributed by atoms with Crippen molar-refractivity contribution in [1.29, 1.82) is 5.26 Å². The molecule has 0 fully saturated rings. The van der Waals surface area contributed by atoms with Crippen molar-refractivity contribution in [2.24, 2.45) is 0 Å². The van der Waals surface area contributed by atoms with Crippen LogP contribution in [0.15, 0.2) is 18.2 Å². The molecule has 1 nitrogen and oxygen atoms in total. The molecule has 0 heterocycles. The number of aryl methyl sites for hydroxylation is 1. The Morgan fingerprint density at radius 2 is 2.36 bits per heavy atom. The van der Waals surface area contributed by atoms with E-state index in [0.29, 0.717) is 12.3 Å². The third kappa shape index (κ3) is 1.63. The van der Waals surface area contributed by atoms with Crippen LogP contribution in [0, 0.1) is 17.1 Å². The number of rotatable bonds is 1. The van der Waals surface area contributed by atoms with Crippen LogP contribution in [0.4, 0.5) is 4.39 Å². The molecular formula is C12H12FN. The summed E-state index contributed by atoms with van der Waals surface area (Å²) in [6, 6.07) is 7.14. The normalized spacial score (nSPS) is 19.9. The van der Waals surface area contributed by atoms with E-state index in [1.807, 2.05) is 6.07 Å². The van der Waals surface area contributed by atoms with Crippen LogP contribution in [0.5, 0.6) is 0 Å². The molecule has 0 N–H and O–H groups in total. The second-order valence-electron chi connectivity index (χ2n) is 3.79. The van der Waals surface area contributed by atoms with E-state index >= 15 is 0 Å². The zero-order valence-electron chi connectivity index (χ0n) is 7.96. The lowest BCUT2D eigenvalue weighted by molar-refractivity contribution is 0.552. The van der Waals surface area contributed by atoms with Crippen LogP contribution in [0.1, 0.15) is 36.3 Å². The summed E-state index contributed by atoms with van der Waals surface area (Å²) < 4.78 is 12.9. The molecule has 2 rings (SSSR count). The third-order valence-electron chi connectivity index (χ3n) is 2.88. The Balaban J connectivity index is 2.36. The smallest absolute Gasteiger partial charge is 0.123 e.